The normalized spacial score (nSPS) is 21.1. The van der Waals surface area contributed by atoms with E-state index >= 15 is 0 Å². The number of benzene rings is 1. The van der Waals surface area contributed by atoms with Crippen molar-refractivity contribution < 1.29 is 17.5 Å². The van der Waals surface area contributed by atoms with Crippen LogP contribution in [0.4, 0.5) is 4.39 Å². The summed E-state index contributed by atoms with van der Waals surface area (Å²) in [7, 11) is -3.82. The van der Waals surface area contributed by atoms with Gasteiger partial charge in [-0.2, -0.15) is 4.31 Å². The molecule has 0 atom stereocenters. The van der Waals surface area contributed by atoms with Crippen LogP contribution in [0.3, 0.4) is 0 Å². The van der Waals surface area contributed by atoms with Crippen molar-refractivity contribution in [3.8, 4) is 0 Å². The molecule has 2 aliphatic rings. The summed E-state index contributed by atoms with van der Waals surface area (Å²) in [5.41, 5.74) is 1.07. The molecule has 6 nitrogen and oxygen atoms in total. The van der Waals surface area contributed by atoms with Gasteiger partial charge in [0.1, 0.15) is 10.7 Å². The molecule has 0 bridgehead atoms. The third kappa shape index (κ3) is 4.50. The SMILES string of the molecule is O=S(=O)(c1ccccc1F)N1CCC2(CC1)COCCN(Cc1cccnc1)C2. The molecular weight excluding hydrogens is 393 g/mol. The number of aromatic nitrogens is 1. The molecule has 0 unspecified atom stereocenters. The molecule has 2 aliphatic heterocycles. The first-order valence-corrected chi connectivity index (χ1v) is 11.4. The fraction of sp³-hybridized carbons (Fsp3) is 0.476. The van der Waals surface area contributed by atoms with E-state index in [9.17, 15) is 12.8 Å². The first-order valence-electron chi connectivity index (χ1n) is 9.92. The van der Waals surface area contributed by atoms with Gasteiger partial charge in [-0.3, -0.25) is 9.88 Å². The third-order valence-corrected chi connectivity index (χ3v) is 7.82. The van der Waals surface area contributed by atoms with E-state index < -0.39 is 15.8 Å². The molecular formula is C21H26FN3O3S. The lowest BCUT2D eigenvalue weighted by Crippen LogP contribution is -2.48. The van der Waals surface area contributed by atoms with Crippen molar-refractivity contribution in [1.82, 2.24) is 14.2 Å². The van der Waals surface area contributed by atoms with Crippen molar-refractivity contribution in [2.45, 2.75) is 24.3 Å². The van der Waals surface area contributed by atoms with Gasteiger partial charge in [-0.1, -0.05) is 18.2 Å². The second kappa shape index (κ2) is 8.47. The van der Waals surface area contributed by atoms with Crippen LogP contribution in [0.15, 0.2) is 53.7 Å². The van der Waals surface area contributed by atoms with E-state index in [1.807, 2.05) is 12.3 Å². The highest BCUT2D eigenvalue weighted by Gasteiger charge is 2.41. The fourth-order valence-corrected chi connectivity index (χ4v) is 5.77. The molecule has 2 saturated heterocycles. The molecule has 0 saturated carbocycles. The minimum absolute atomic E-state index is 0.0834. The Bertz CT molecular complexity index is 931. The monoisotopic (exact) mass is 419 g/mol. The van der Waals surface area contributed by atoms with Gasteiger partial charge in [-0.15, -0.1) is 0 Å². The van der Waals surface area contributed by atoms with Crippen LogP contribution in [0.25, 0.3) is 0 Å². The van der Waals surface area contributed by atoms with E-state index in [2.05, 4.69) is 16.0 Å². The lowest BCUT2D eigenvalue weighted by molar-refractivity contribution is 0.0307. The number of hydrogen-bond acceptors (Lipinski definition) is 5. The van der Waals surface area contributed by atoms with Crippen LogP contribution in [0, 0.1) is 11.2 Å². The van der Waals surface area contributed by atoms with Gasteiger partial charge < -0.3 is 4.74 Å². The zero-order chi connectivity index (χ0) is 20.3. The summed E-state index contributed by atoms with van der Waals surface area (Å²) in [6.45, 7) is 4.55. The van der Waals surface area contributed by atoms with E-state index in [1.165, 1.54) is 22.5 Å². The van der Waals surface area contributed by atoms with E-state index in [-0.39, 0.29) is 10.3 Å². The number of piperidine rings is 1. The third-order valence-electron chi connectivity index (χ3n) is 5.89. The summed E-state index contributed by atoms with van der Waals surface area (Å²) < 4.78 is 47.1. The second-order valence-corrected chi connectivity index (χ2v) is 9.87. The highest BCUT2D eigenvalue weighted by Crippen LogP contribution is 2.36. The number of halogens is 1. The Labute approximate surface area is 171 Å². The largest absolute Gasteiger partial charge is 0.379 e. The smallest absolute Gasteiger partial charge is 0.245 e. The average Bonchev–Trinajstić information content (AvgIpc) is 2.91. The minimum atomic E-state index is -3.82. The molecule has 29 heavy (non-hydrogen) atoms. The van der Waals surface area contributed by atoms with Crippen LogP contribution >= 0.6 is 0 Å². The Hall–Kier alpha value is -1.87. The van der Waals surface area contributed by atoms with Gasteiger partial charge in [0.25, 0.3) is 0 Å². The summed E-state index contributed by atoms with van der Waals surface area (Å²) in [4.78, 5) is 6.31. The molecule has 0 radical (unpaired) electrons. The van der Waals surface area contributed by atoms with Gasteiger partial charge in [0.2, 0.25) is 10.0 Å². The molecule has 1 aromatic heterocycles. The molecule has 3 heterocycles. The van der Waals surface area contributed by atoms with Crippen molar-refractivity contribution in [1.29, 1.82) is 0 Å². The molecule has 4 rings (SSSR count). The number of pyridine rings is 1. The summed E-state index contributed by atoms with van der Waals surface area (Å²) in [5, 5.41) is 0. The lowest BCUT2D eigenvalue weighted by Gasteiger charge is -2.42. The Morgan fingerprint density at radius 1 is 1.10 bits per heavy atom. The van der Waals surface area contributed by atoms with Crippen LogP contribution in [0.2, 0.25) is 0 Å². The van der Waals surface area contributed by atoms with Gasteiger partial charge in [0, 0.05) is 50.5 Å². The Balaban J connectivity index is 1.45. The number of rotatable bonds is 4. The molecule has 1 spiro atoms. The predicted molar refractivity (Wildman–Crippen MR) is 107 cm³/mol. The first-order chi connectivity index (χ1) is 14.0. The molecule has 8 heteroatoms. The summed E-state index contributed by atoms with van der Waals surface area (Å²) in [5.74, 6) is -0.701. The van der Waals surface area contributed by atoms with E-state index in [4.69, 9.17) is 4.74 Å². The molecule has 0 aliphatic carbocycles. The maximum Gasteiger partial charge on any atom is 0.245 e. The van der Waals surface area contributed by atoms with Gasteiger partial charge >= 0.3 is 0 Å². The summed E-state index contributed by atoms with van der Waals surface area (Å²) >= 11 is 0. The van der Waals surface area contributed by atoms with Crippen LogP contribution in [-0.4, -0.2) is 62.0 Å². The zero-order valence-electron chi connectivity index (χ0n) is 16.3. The maximum atomic E-state index is 14.1. The lowest BCUT2D eigenvalue weighted by atomic mass is 9.79. The Morgan fingerprint density at radius 3 is 2.62 bits per heavy atom. The molecule has 156 valence electrons. The first kappa shape index (κ1) is 20.4. The van der Waals surface area contributed by atoms with Crippen molar-refractivity contribution in [3.05, 3.63) is 60.2 Å². The van der Waals surface area contributed by atoms with Crippen LogP contribution in [0.5, 0.6) is 0 Å². The second-order valence-electron chi connectivity index (χ2n) is 7.96. The van der Waals surface area contributed by atoms with Crippen LogP contribution in [-0.2, 0) is 21.3 Å². The van der Waals surface area contributed by atoms with E-state index in [0.717, 1.165) is 25.2 Å². The highest BCUT2D eigenvalue weighted by atomic mass is 32.2. The Morgan fingerprint density at radius 2 is 1.90 bits per heavy atom. The zero-order valence-corrected chi connectivity index (χ0v) is 17.2. The van der Waals surface area contributed by atoms with Crippen molar-refractivity contribution >= 4 is 10.0 Å². The fourth-order valence-electron chi connectivity index (χ4n) is 4.26. The topological polar surface area (TPSA) is 62.7 Å². The van der Waals surface area contributed by atoms with Crippen molar-refractivity contribution in [3.63, 3.8) is 0 Å². The summed E-state index contributed by atoms with van der Waals surface area (Å²) in [6.07, 6.45) is 5.04. The standard InChI is InChI=1S/C21H26FN3O3S/c22-19-5-1-2-6-20(19)29(26,27)25-10-7-21(8-11-25)16-24(12-13-28-17-21)15-18-4-3-9-23-14-18/h1-6,9,14H,7-8,10-13,15-17H2. The van der Waals surface area contributed by atoms with Gasteiger partial charge in [0.05, 0.1) is 13.2 Å². The van der Waals surface area contributed by atoms with Crippen LogP contribution < -0.4 is 0 Å². The van der Waals surface area contributed by atoms with Crippen molar-refractivity contribution in [2.75, 3.05) is 39.4 Å². The van der Waals surface area contributed by atoms with Crippen molar-refractivity contribution in [2.24, 2.45) is 5.41 Å². The number of hydrogen-bond donors (Lipinski definition) is 0. The molecule has 0 N–H and O–H groups in total. The van der Waals surface area contributed by atoms with Gasteiger partial charge in [-0.25, -0.2) is 12.8 Å². The molecule has 0 amide bonds. The molecule has 2 fully saturated rings. The maximum absolute atomic E-state index is 14.1. The molecule has 1 aromatic carbocycles. The van der Waals surface area contributed by atoms with E-state index in [1.54, 1.807) is 12.3 Å². The molecule has 2 aromatic rings. The average molecular weight is 420 g/mol. The summed E-state index contributed by atoms with van der Waals surface area (Å²) in [6, 6.07) is 9.57. The van der Waals surface area contributed by atoms with Gasteiger partial charge in [0.15, 0.2) is 0 Å². The number of sulfonamides is 1. The number of ether oxygens (including phenoxy) is 1. The quantitative estimate of drug-likeness (QED) is 0.762. The van der Waals surface area contributed by atoms with Gasteiger partial charge in [-0.05, 0) is 36.6 Å². The van der Waals surface area contributed by atoms with Crippen LogP contribution in [0.1, 0.15) is 18.4 Å². The van der Waals surface area contributed by atoms with E-state index in [0.29, 0.717) is 39.1 Å². The number of nitrogens with zero attached hydrogens (tertiary/aromatic N) is 3. The Kier molecular flexibility index (Phi) is 5.96. The highest BCUT2D eigenvalue weighted by molar-refractivity contribution is 7.89. The predicted octanol–water partition coefficient (Wildman–Crippen LogP) is 2.52. The minimum Gasteiger partial charge on any atom is -0.379 e.